The summed E-state index contributed by atoms with van der Waals surface area (Å²) in [6.07, 6.45) is 14.4. The lowest BCUT2D eigenvalue weighted by Gasteiger charge is -2.29. The van der Waals surface area contributed by atoms with Crippen LogP contribution in [-0.4, -0.2) is 19.7 Å². The summed E-state index contributed by atoms with van der Waals surface area (Å²) in [6.45, 7) is 12.4. The quantitative estimate of drug-likeness (QED) is 0.143. The van der Waals surface area contributed by atoms with Crippen LogP contribution in [0.15, 0.2) is 36.4 Å². The molecule has 1 heterocycles. The third-order valence-electron chi connectivity index (χ3n) is 8.87. The molecular weight excluding hydrogens is 461 g/mol. The lowest BCUT2D eigenvalue weighted by Crippen LogP contribution is -2.31. The van der Waals surface area contributed by atoms with Crippen LogP contribution in [0.2, 0.25) is 24.7 Å². The van der Waals surface area contributed by atoms with Gasteiger partial charge in [0.25, 0.3) is 5.95 Å². The van der Waals surface area contributed by atoms with Gasteiger partial charge in [-0.1, -0.05) is 103 Å². The summed E-state index contributed by atoms with van der Waals surface area (Å²) in [6, 6.07) is 13.7. The molecule has 3 rings (SSSR count). The standard InChI is InChI=1S/C32H50FNOSi/c1-6-8-10-11-26-12-14-27(15-13-26)28-16-18-29(19-17-28)30-20-21-31(32(33)34-30)35-23-22-25(3)36(4,5)24-9-7-2/h16-21,25-27H,6-15,22-24H2,1-5H3. The van der Waals surface area contributed by atoms with E-state index >= 15 is 0 Å². The molecule has 1 aliphatic rings. The summed E-state index contributed by atoms with van der Waals surface area (Å²) in [5.41, 5.74) is 3.72. The molecule has 200 valence electrons. The average molecular weight is 512 g/mol. The number of ether oxygens (including phenoxy) is 1. The van der Waals surface area contributed by atoms with Gasteiger partial charge in [-0.25, -0.2) is 4.98 Å². The van der Waals surface area contributed by atoms with Crippen molar-refractivity contribution in [2.24, 2.45) is 5.92 Å². The molecule has 0 bridgehead atoms. The number of nitrogens with zero attached hydrogens (tertiary/aromatic N) is 1. The van der Waals surface area contributed by atoms with E-state index in [1.165, 1.54) is 75.8 Å². The highest BCUT2D eigenvalue weighted by Gasteiger charge is 2.27. The zero-order chi connectivity index (χ0) is 26.0. The van der Waals surface area contributed by atoms with Gasteiger partial charge < -0.3 is 4.74 Å². The lowest BCUT2D eigenvalue weighted by atomic mass is 9.77. The van der Waals surface area contributed by atoms with Gasteiger partial charge in [0.15, 0.2) is 5.75 Å². The first kappa shape index (κ1) is 28.9. The molecule has 36 heavy (non-hydrogen) atoms. The van der Waals surface area contributed by atoms with Gasteiger partial charge in [-0.2, -0.15) is 4.39 Å². The molecule has 0 N–H and O–H groups in total. The smallest absolute Gasteiger partial charge is 0.255 e. The minimum atomic E-state index is -1.25. The van der Waals surface area contributed by atoms with Crippen molar-refractivity contribution in [1.29, 1.82) is 0 Å². The minimum Gasteiger partial charge on any atom is -0.489 e. The summed E-state index contributed by atoms with van der Waals surface area (Å²) >= 11 is 0. The predicted molar refractivity (Wildman–Crippen MR) is 155 cm³/mol. The fourth-order valence-corrected chi connectivity index (χ4v) is 8.36. The second-order valence-electron chi connectivity index (χ2n) is 12.0. The van der Waals surface area contributed by atoms with Crippen LogP contribution in [0.1, 0.15) is 103 Å². The summed E-state index contributed by atoms with van der Waals surface area (Å²) < 4.78 is 20.6. The highest BCUT2D eigenvalue weighted by Crippen LogP contribution is 2.38. The molecule has 1 aromatic carbocycles. The van der Waals surface area contributed by atoms with Crippen LogP contribution < -0.4 is 4.74 Å². The fourth-order valence-electron chi connectivity index (χ4n) is 5.70. The predicted octanol–water partition coefficient (Wildman–Crippen LogP) is 10.4. The highest BCUT2D eigenvalue weighted by molar-refractivity contribution is 6.78. The number of hydrogen-bond donors (Lipinski definition) is 0. The van der Waals surface area contributed by atoms with Crippen molar-refractivity contribution in [2.45, 2.75) is 122 Å². The third-order valence-corrected chi connectivity index (χ3v) is 13.5. The minimum absolute atomic E-state index is 0.270. The van der Waals surface area contributed by atoms with Gasteiger partial charge >= 0.3 is 0 Å². The number of unbranched alkanes of at least 4 members (excludes halogenated alkanes) is 3. The molecule has 4 heteroatoms. The van der Waals surface area contributed by atoms with Crippen molar-refractivity contribution < 1.29 is 9.13 Å². The molecule has 1 fully saturated rings. The fraction of sp³-hybridized carbons (Fsp3) is 0.656. The zero-order valence-electron chi connectivity index (χ0n) is 23.6. The summed E-state index contributed by atoms with van der Waals surface area (Å²) in [7, 11) is -1.25. The Labute approximate surface area is 221 Å². The molecule has 0 saturated heterocycles. The number of benzene rings is 1. The number of rotatable bonds is 14. The molecule has 1 atom stereocenters. The van der Waals surface area contributed by atoms with Crippen molar-refractivity contribution in [3.8, 4) is 17.0 Å². The van der Waals surface area contributed by atoms with Gasteiger partial charge in [0.1, 0.15) is 0 Å². The molecule has 0 radical (unpaired) electrons. The van der Waals surface area contributed by atoms with E-state index < -0.39 is 14.0 Å². The van der Waals surface area contributed by atoms with E-state index in [4.69, 9.17) is 4.74 Å². The van der Waals surface area contributed by atoms with Gasteiger partial charge in [-0.05, 0) is 67.2 Å². The normalized spacial score (nSPS) is 19.3. The van der Waals surface area contributed by atoms with E-state index in [1.54, 1.807) is 6.07 Å². The SMILES string of the molecule is CCCCCC1CCC(c2ccc(-c3ccc(OCCC(C)[Si](C)(C)CCCC)c(F)n3)cc2)CC1. The average Bonchev–Trinajstić information content (AvgIpc) is 2.89. The van der Waals surface area contributed by atoms with Crippen LogP contribution >= 0.6 is 0 Å². The van der Waals surface area contributed by atoms with Crippen LogP contribution in [0.4, 0.5) is 4.39 Å². The Morgan fingerprint density at radius 2 is 1.64 bits per heavy atom. The molecule has 0 spiro atoms. The van der Waals surface area contributed by atoms with E-state index in [9.17, 15) is 4.39 Å². The van der Waals surface area contributed by atoms with Crippen LogP contribution in [0.25, 0.3) is 11.3 Å². The van der Waals surface area contributed by atoms with Crippen LogP contribution in [0.3, 0.4) is 0 Å². The topological polar surface area (TPSA) is 22.1 Å². The highest BCUT2D eigenvalue weighted by atomic mass is 28.3. The molecule has 1 saturated carbocycles. The Kier molecular flexibility index (Phi) is 11.5. The summed E-state index contributed by atoms with van der Waals surface area (Å²) in [4.78, 5) is 4.24. The monoisotopic (exact) mass is 511 g/mol. The van der Waals surface area contributed by atoms with Crippen LogP contribution in [0.5, 0.6) is 5.75 Å². The second kappa shape index (κ2) is 14.3. The number of halogens is 1. The first-order valence-electron chi connectivity index (χ1n) is 14.7. The third kappa shape index (κ3) is 8.43. The number of aromatic nitrogens is 1. The zero-order valence-corrected chi connectivity index (χ0v) is 24.6. The number of pyridine rings is 1. The van der Waals surface area contributed by atoms with E-state index in [2.05, 4.69) is 63.1 Å². The second-order valence-corrected chi connectivity index (χ2v) is 17.4. The lowest BCUT2D eigenvalue weighted by molar-refractivity contribution is 0.289. The van der Waals surface area contributed by atoms with Crippen molar-refractivity contribution in [2.75, 3.05) is 6.61 Å². The van der Waals surface area contributed by atoms with Crippen molar-refractivity contribution in [1.82, 2.24) is 4.98 Å². The van der Waals surface area contributed by atoms with E-state index in [0.29, 0.717) is 23.8 Å². The number of hydrogen-bond acceptors (Lipinski definition) is 2. The van der Waals surface area contributed by atoms with Gasteiger partial charge in [-0.15, -0.1) is 0 Å². The maximum Gasteiger partial charge on any atom is 0.255 e. The van der Waals surface area contributed by atoms with E-state index in [1.807, 2.05) is 6.07 Å². The Morgan fingerprint density at radius 1 is 0.944 bits per heavy atom. The molecule has 1 unspecified atom stereocenters. The van der Waals surface area contributed by atoms with Gasteiger partial charge in [0.05, 0.1) is 20.4 Å². The van der Waals surface area contributed by atoms with Gasteiger partial charge in [0.2, 0.25) is 0 Å². The van der Waals surface area contributed by atoms with Gasteiger partial charge in [-0.3, -0.25) is 0 Å². The van der Waals surface area contributed by atoms with Crippen LogP contribution in [-0.2, 0) is 0 Å². The molecule has 0 aliphatic heterocycles. The Hall–Kier alpha value is -1.68. The first-order chi connectivity index (χ1) is 17.3. The maximum absolute atomic E-state index is 14.8. The maximum atomic E-state index is 14.8. The molecule has 1 aliphatic carbocycles. The molecule has 2 nitrogen and oxygen atoms in total. The molecular formula is C32H50FNOSi. The van der Waals surface area contributed by atoms with Crippen LogP contribution in [0, 0.1) is 11.9 Å². The molecule has 1 aromatic heterocycles. The Bertz CT molecular complexity index is 905. The summed E-state index contributed by atoms with van der Waals surface area (Å²) in [5.74, 6) is 1.36. The van der Waals surface area contributed by atoms with Crippen molar-refractivity contribution >= 4 is 8.07 Å². The first-order valence-corrected chi connectivity index (χ1v) is 18.0. The largest absolute Gasteiger partial charge is 0.489 e. The van der Waals surface area contributed by atoms with Crippen molar-refractivity contribution in [3.05, 3.63) is 47.9 Å². The van der Waals surface area contributed by atoms with Crippen molar-refractivity contribution in [3.63, 3.8) is 0 Å². The van der Waals surface area contributed by atoms with E-state index in [-0.39, 0.29) is 5.75 Å². The Balaban J connectivity index is 1.50. The van der Waals surface area contributed by atoms with Gasteiger partial charge in [0, 0.05) is 5.56 Å². The molecule has 0 amide bonds. The summed E-state index contributed by atoms with van der Waals surface area (Å²) in [5, 5.41) is 0. The molecule has 2 aromatic rings. The Morgan fingerprint density at radius 3 is 2.28 bits per heavy atom. The van der Waals surface area contributed by atoms with E-state index in [0.717, 1.165) is 17.9 Å².